The van der Waals surface area contributed by atoms with Crippen LogP contribution < -0.4 is 10.2 Å². The van der Waals surface area contributed by atoms with Gasteiger partial charge in [0.05, 0.1) is 0 Å². The Morgan fingerprint density at radius 2 is 1.95 bits per heavy atom. The lowest BCUT2D eigenvalue weighted by molar-refractivity contribution is -0.138. The van der Waals surface area contributed by atoms with E-state index in [1.807, 2.05) is 38.1 Å². The van der Waals surface area contributed by atoms with Gasteiger partial charge in [0.1, 0.15) is 11.6 Å². The van der Waals surface area contributed by atoms with E-state index in [1.165, 1.54) is 0 Å². The molecule has 1 heterocycles. The molecule has 2 amide bonds. The van der Waals surface area contributed by atoms with Crippen LogP contribution in [-0.2, 0) is 9.59 Å². The van der Waals surface area contributed by atoms with Crippen molar-refractivity contribution in [3.05, 3.63) is 28.7 Å². The average molecular weight is 339 g/mol. The minimum absolute atomic E-state index is 0.0345. The first-order valence-electron chi connectivity index (χ1n) is 6.86. The maximum absolute atomic E-state index is 12.9. The Morgan fingerprint density at radius 1 is 1.30 bits per heavy atom. The van der Waals surface area contributed by atoms with Gasteiger partial charge in [-0.05, 0) is 38.0 Å². The summed E-state index contributed by atoms with van der Waals surface area (Å²) in [5, 5.41) is 2.90. The zero-order chi connectivity index (χ0) is 14.9. The molecule has 1 N–H and O–H groups in total. The van der Waals surface area contributed by atoms with Crippen molar-refractivity contribution >= 4 is 33.4 Å². The zero-order valence-electron chi connectivity index (χ0n) is 11.9. The van der Waals surface area contributed by atoms with E-state index in [4.69, 9.17) is 0 Å². The van der Waals surface area contributed by atoms with Crippen LogP contribution in [0.15, 0.2) is 28.7 Å². The molecule has 1 atom stereocenters. The van der Waals surface area contributed by atoms with Crippen LogP contribution in [0.3, 0.4) is 0 Å². The summed E-state index contributed by atoms with van der Waals surface area (Å²) in [6, 6.07) is 6.99. The number of halogens is 1. The Kier molecular flexibility index (Phi) is 4.18. The third-order valence-corrected chi connectivity index (χ3v) is 4.54. The van der Waals surface area contributed by atoms with Crippen molar-refractivity contribution in [3.63, 3.8) is 0 Å². The minimum Gasteiger partial charge on any atom is -0.340 e. The average Bonchev–Trinajstić information content (AvgIpc) is 2.43. The Bertz CT molecular complexity index is 540. The Balaban J connectivity index is 2.49. The van der Waals surface area contributed by atoms with Gasteiger partial charge in [-0.2, -0.15) is 0 Å². The van der Waals surface area contributed by atoms with Crippen molar-refractivity contribution in [2.45, 2.75) is 45.2 Å². The molecule has 1 unspecified atom stereocenters. The van der Waals surface area contributed by atoms with E-state index in [-0.39, 0.29) is 11.8 Å². The van der Waals surface area contributed by atoms with Crippen LogP contribution in [0.5, 0.6) is 0 Å². The van der Waals surface area contributed by atoms with Crippen LogP contribution in [0.2, 0.25) is 0 Å². The maximum atomic E-state index is 12.9. The summed E-state index contributed by atoms with van der Waals surface area (Å²) in [6.45, 7) is 5.61. The summed E-state index contributed by atoms with van der Waals surface area (Å²) >= 11 is 3.41. The summed E-state index contributed by atoms with van der Waals surface area (Å²) in [7, 11) is 0. The second-order valence-corrected chi connectivity index (χ2v) is 6.03. The SMILES string of the molecule is CCC1(CC)NC(=O)C(C)N(c2cccc(Br)c2)C1=O. The molecule has 0 radical (unpaired) electrons. The first-order valence-corrected chi connectivity index (χ1v) is 7.65. The highest BCUT2D eigenvalue weighted by molar-refractivity contribution is 9.10. The number of hydrogen-bond donors (Lipinski definition) is 1. The lowest BCUT2D eigenvalue weighted by Gasteiger charge is -2.44. The molecule has 5 heteroatoms. The molecule has 0 saturated carbocycles. The quantitative estimate of drug-likeness (QED) is 0.921. The van der Waals surface area contributed by atoms with Crippen LogP contribution in [0.1, 0.15) is 33.6 Å². The van der Waals surface area contributed by atoms with Gasteiger partial charge in [0, 0.05) is 10.2 Å². The monoisotopic (exact) mass is 338 g/mol. The van der Waals surface area contributed by atoms with Crippen molar-refractivity contribution in [2.24, 2.45) is 0 Å². The van der Waals surface area contributed by atoms with Gasteiger partial charge >= 0.3 is 0 Å². The van der Waals surface area contributed by atoms with Crippen LogP contribution in [0.4, 0.5) is 5.69 Å². The van der Waals surface area contributed by atoms with Crippen LogP contribution in [-0.4, -0.2) is 23.4 Å². The summed E-state index contributed by atoms with van der Waals surface area (Å²) in [4.78, 5) is 26.7. The number of carbonyl (C=O) groups excluding carboxylic acids is 2. The molecule has 0 bridgehead atoms. The second kappa shape index (κ2) is 5.56. The number of anilines is 1. The van der Waals surface area contributed by atoms with Crippen molar-refractivity contribution in [2.75, 3.05) is 4.90 Å². The molecule has 1 saturated heterocycles. The molecule has 20 heavy (non-hydrogen) atoms. The standard InChI is InChI=1S/C15H19BrN2O2/c1-4-15(5-2)14(20)18(10(3)13(19)17-15)12-8-6-7-11(16)9-12/h6-10H,4-5H2,1-3H3,(H,17,19). The Morgan fingerprint density at radius 3 is 2.50 bits per heavy atom. The van der Waals surface area contributed by atoms with E-state index in [1.54, 1.807) is 11.8 Å². The second-order valence-electron chi connectivity index (χ2n) is 5.11. The van der Waals surface area contributed by atoms with E-state index in [9.17, 15) is 9.59 Å². The van der Waals surface area contributed by atoms with E-state index < -0.39 is 11.6 Å². The van der Waals surface area contributed by atoms with Crippen LogP contribution in [0, 0.1) is 0 Å². The summed E-state index contributed by atoms with van der Waals surface area (Å²) < 4.78 is 0.888. The lowest BCUT2D eigenvalue weighted by Crippen LogP contribution is -2.69. The minimum atomic E-state index is -0.786. The van der Waals surface area contributed by atoms with Crippen molar-refractivity contribution in [1.29, 1.82) is 0 Å². The molecule has 1 aromatic rings. The van der Waals surface area contributed by atoms with Crippen LogP contribution in [0.25, 0.3) is 0 Å². The lowest BCUT2D eigenvalue weighted by atomic mass is 9.87. The number of amides is 2. The number of rotatable bonds is 3. The van der Waals surface area contributed by atoms with Crippen molar-refractivity contribution < 1.29 is 9.59 Å². The van der Waals surface area contributed by atoms with Gasteiger partial charge in [-0.1, -0.05) is 35.8 Å². The molecule has 0 spiro atoms. The van der Waals surface area contributed by atoms with Crippen molar-refractivity contribution in [3.8, 4) is 0 Å². The molecule has 4 nitrogen and oxygen atoms in total. The first kappa shape index (κ1) is 15.0. The number of piperazine rings is 1. The van der Waals surface area contributed by atoms with E-state index in [0.717, 1.165) is 10.2 Å². The fourth-order valence-electron chi connectivity index (χ4n) is 2.61. The van der Waals surface area contributed by atoms with Crippen LogP contribution >= 0.6 is 15.9 Å². The van der Waals surface area contributed by atoms with Gasteiger partial charge in [0.25, 0.3) is 5.91 Å². The first-order chi connectivity index (χ1) is 9.45. The van der Waals surface area contributed by atoms with E-state index in [0.29, 0.717) is 12.8 Å². The normalized spacial score (nSPS) is 21.8. The molecule has 1 aromatic carbocycles. The highest BCUT2D eigenvalue weighted by atomic mass is 79.9. The topological polar surface area (TPSA) is 49.4 Å². The van der Waals surface area contributed by atoms with Gasteiger partial charge < -0.3 is 5.32 Å². The molecule has 2 rings (SSSR count). The van der Waals surface area contributed by atoms with Crippen molar-refractivity contribution in [1.82, 2.24) is 5.32 Å². The number of benzene rings is 1. The molecular formula is C15H19BrN2O2. The fourth-order valence-corrected chi connectivity index (χ4v) is 3.00. The fraction of sp³-hybridized carbons (Fsp3) is 0.467. The van der Waals surface area contributed by atoms with Gasteiger partial charge in [-0.15, -0.1) is 0 Å². The number of nitrogens with zero attached hydrogens (tertiary/aromatic N) is 1. The predicted octanol–water partition coefficient (Wildman–Crippen LogP) is 2.86. The van der Waals surface area contributed by atoms with Gasteiger partial charge in [0.15, 0.2) is 0 Å². The predicted molar refractivity (Wildman–Crippen MR) is 82.5 cm³/mol. The van der Waals surface area contributed by atoms with Gasteiger partial charge in [-0.25, -0.2) is 0 Å². The molecule has 1 fully saturated rings. The highest BCUT2D eigenvalue weighted by Gasteiger charge is 2.47. The zero-order valence-corrected chi connectivity index (χ0v) is 13.5. The molecule has 108 valence electrons. The smallest absolute Gasteiger partial charge is 0.253 e. The number of carbonyl (C=O) groups is 2. The molecule has 1 aliphatic heterocycles. The van der Waals surface area contributed by atoms with E-state index in [2.05, 4.69) is 21.2 Å². The summed E-state index contributed by atoms with van der Waals surface area (Å²) in [6.07, 6.45) is 1.18. The van der Waals surface area contributed by atoms with Gasteiger partial charge in [0.2, 0.25) is 5.91 Å². The third-order valence-electron chi connectivity index (χ3n) is 4.05. The molecular weight excluding hydrogens is 320 g/mol. The molecule has 0 aliphatic carbocycles. The highest BCUT2D eigenvalue weighted by Crippen LogP contribution is 2.30. The summed E-state index contributed by atoms with van der Waals surface area (Å²) in [5.74, 6) is -0.138. The molecule has 0 aromatic heterocycles. The Hall–Kier alpha value is -1.36. The van der Waals surface area contributed by atoms with E-state index >= 15 is 0 Å². The third kappa shape index (κ3) is 2.35. The maximum Gasteiger partial charge on any atom is 0.253 e. The largest absolute Gasteiger partial charge is 0.340 e. The molecule has 1 aliphatic rings. The van der Waals surface area contributed by atoms with Gasteiger partial charge in [-0.3, -0.25) is 14.5 Å². The summed E-state index contributed by atoms with van der Waals surface area (Å²) in [5.41, 5.74) is -0.0377. The number of nitrogens with one attached hydrogen (secondary N) is 1. The Labute approximate surface area is 127 Å². The number of hydrogen-bond acceptors (Lipinski definition) is 2.